The molecule has 2 aliphatic rings. The van der Waals surface area contributed by atoms with Crippen LogP contribution in [0.15, 0.2) is 30.3 Å². The summed E-state index contributed by atoms with van der Waals surface area (Å²) in [5.41, 5.74) is 2.19. The van der Waals surface area contributed by atoms with E-state index < -0.39 is 0 Å². The Labute approximate surface area is 166 Å². The van der Waals surface area contributed by atoms with E-state index in [1.807, 2.05) is 25.1 Å². The fourth-order valence-corrected chi connectivity index (χ4v) is 3.78. The SMILES string of the molecule is COc1cccc(CCNc2cc(C)nc(N3CCC4(CC3)OCCO4)n2)c1. The summed E-state index contributed by atoms with van der Waals surface area (Å²) in [7, 11) is 1.69. The Kier molecular flexibility index (Phi) is 5.64. The van der Waals surface area contributed by atoms with Crippen LogP contribution < -0.4 is 15.0 Å². The van der Waals surface area contributed by atoms with Crippen LogP contribution in [-0.4, -0.2) is 55.7 Å². The van der Waals surface area contributed by atoms with Crippen LogP contribution in [0, 0.1) is 6.92 Å². The number of nitrogens with zero attached hydrogens (tertiary/aromatic N) is 3. The second-order valence-electron chi connectivity index (χ2n) is 7.32. The van der Waals surface area contributed by atoms with Gasteiger partial charge in [0.05, 0.1) is 20.3 Å². The Bertz CT molecular complexity index is 798. The number of piperidine rings is 1. The van der Waals surface area contributed by atoms with Crippen LogP contribution in [0.1, 0.15) is 24.1 Å². The molecule has 150 valence electrons. The maximum atomic E-state index is 5.81. The molecule has 0 saturated carbocycles. The van der Waals surface area contributed by atoms with Crippen molar-refractivity contribution in [3.63, 3.8) is 0 Å². The third kappa shape index (κ3) is 4.36. The number of rotatable bonds is 6. The summed E-state index contributed by atoms with van der Waals surface area (Å²) in [6, 6.07) is 10.1. The van der Waals surface area contributed by atoms with Gasteiger partial charge in [0.15, 0.2) is 5.79 Å². The number of anilines is 2. The molecular weight excluding hydrogens is 356 g/mol. The van der Waals surface area contributed by atoms with Gasteiger partial charge < -0.3 is 24.4 Å². The Morgan fingerprint density at radius 3 is 2.68 bits per heavy atom. The van der Waals surface area contributed by atoms with E-state index >= 15 is 0 Å². The van der Waals surface area contributed by atoms with E-state index in [0.29, 0.717) is 13.2 Å². The van der Waals surface area contributed by atoms with Crippen molar-refractivity contribution < 1.29 is 14.2 Å². The molecule has 7 heteroatoms. The van der Waals surface area contributed by atoms with Gasteiger partial charge in [-0.05, 0) is 31.0 Å². The number of benzene rings is 1. The van der Waals surface area contributed by atoms with Crippen molar-refractivity contribution >= 4 is 11.8 Å². The average molecular weight is 384 g/mol. The fraction of sp³-hybridized carbons (Fsp3) is 0.524. The van der Waals surface area contributed by atoms with Crippen molar-refractivity contribution in [1.29, 1.82) is 0 Å². The highest BCUT2D eigenvalue weighted by Crippen LogP contribution is 2.32. The van der Waals surface area contributed by atoms with Gasteiger partial charge >= 0.3 is 0 Å². The summed E-state index contributed by atoms with van der Waals surface area (Å²) in [6.45, 7) is 5.88. The number of nitrogens with one attached hydrogen (secondary N) is 1. The summed E-state index contributed by atoms with van der Waals surface area (Å²) in [4.78, 5) is 11.6. The maximum absolute atomic E-state index is 5.81. The molecule has 28 heavy (non-hydrogen) atoms. The number of hydrogen-bond acceptors (Lipinski definition) is 7. The third-order valence-corrected chi connectivity index (χ3v) is 5.32. The molecule has 3 heterocycles. The smallest absolute Gasteiger partial charge is 0.227 e. The van der Waals surface area contributed by atoms with Crippen LogP contribution in [0.3, 0.4) is 0 Å². The van der Waals surface area contributed by atoms with Gasteiger partial charge in [0, 0.05) is 44.2 Å². The highest BCUT2D eigenvalue weighted by atomic mass is 16.7. The number of ether oxygens (including phenoxy) is 3. The van der Waals surface area contributed by atoms with E-state index in [1.165, 1.54) is 5.56 Å². The predicted octanol–water partition coefficient (Wildman–Crippen LogP) is 2.79. The minimum Gasteiger partial charge on any atom is -0.497 e. The van der Waals surface area contributed by atoms with Gasteiger partial charge in [0.1, 0.15) is 11.6 Å². The largest absolute Gasteiger partial charge is 0.497 e. The molecule has 7 nitrogen and oxygen atoms in total. The van der Waals surface area contributed by atoms with Crippen LogP contribution in [0.25, 0.3) is 0 Å². The van der Waals surface area contributed by atoms with Crippen LogP contribution in [0.5, 0.6) is 5.75 Å². The molecule has 1 N–H and O–H groups in total. The Morgan fingerprint density at radius 1 is 1.14 bits per heavy atom. The van der Waals surface area contributed by atoms with Crippen molar-refractivity contribution in [2.75, 3.05) is 50.2 Å². The van der Waals surface area contributed by atoms with Gasteiger partial charge in [0.25, 0.3) is 0 Å². The van der Waals surface area contributed by atoms with Gasteiger partial charge in [-0.1, -0.05) is 12.1 Å². The molecular formula is C21H28N4O3. The zero-order valence-corrected chi connectivity index (χ0v) is 16.6. The van der Waals surface area contributed by atoms with Crippen molar-refractivity contribution in [3.8, 4) is 5.75 Å². The summed E-state index contributed by atoms with van der Waals surface area (Å²) >= 11 is 0. The second-order valence-corrected chi connectivity index (χ2v) is 7.32. The summed E-state index contributed by atoms with van der Waals surface area (Å²) in [6.07, 6.45) is 2.60. The number of aryl methyl sites for hydroxylation is 1. The molecule has 0 amide bonds. The molecule has 0 bridgehead atoms. The molecule has 2 fully saturated rings. The highest BCUT2D eigenvalue weighted by molar-refractivity contribution is 5.44. The van der Waals surface area contributed by atoms with Gasteiger partial charge in [-0.2, -0.15) is 4.98 Å². The Morgan fingerprint density at radius 2 is 1.93 bits per heavy atom. The standard InChI is InChI=1S/C21H28N4O3/c1-16-14-19(22-9-6-17-4-3-5-18(15-17)26-2)24-20(23-16)25-10-7-21(8-11-25)27-12-13-28-21/h3-5,14-15H,6-13H2,1-2H3,(H,22,23,24). The molecule has 0 unspecified atom stereocenters. The molecule has 1 spiro atoms. The second kappa shape index (κ2) is 8.32. The Balaban J connectivity index is 1.36. The van der Waals surface area contributed by atoms with Gasteiger partial charge in [-0.15, -0.1) is 0 Å². The van der Waals surface area contributed by atoms with E-state index in [2.05, 4.69) is 27.3 Å². The van der Waals surface area contributed by atoms with Crippen molar-refractivity contribution in [2.24, 2.45) is 0 Å². The minimum atomic E-state index is -0.377. The van der Waals surface area contributed by atoms with Crippen LogP contribution in [-0.2, 0) is 15.9 Å². The first-order valence-electron chi connectivity index (χ1n) is 9.91. The van der Waals surface area contributed by atoms with Crippen LogP contribution >= 0.6 is 0 Å². The van der Waals surface area contributed by atoms with E-state index in [-0.39, 0.29) is 5.79 Å². The summed E-state index contributed by atoms with van der Waals surface area (Å²) < 4.78 is 16.9. The van der Waals surface area contributed by atoms with E-state index in [0.717, 1.165) is 62.1 Å². The van der Waals surface area contributed by atoms with Crippen LogP contribution in [0.2, 0.25) is 0 Å². The zero-order chi connectivity index (χ0) is 19.4. The molecule has 0 atom stereocenters. The molecule has 1 aromatic heterocycles. The van der Waals surface area contributed by atoms with Gasteiger partial charge in [0.2, 0.25) is 5.95 Å². The molecule has 0 radical (unpaired) electrons. The quantitative estimate of drug-likeness (QED) is 0.821. The third-order valence-electron chi connectivity index (χ3n) is 5.32. The molecule has 2 saturated heterocycles. The first-order valence-corrected chi connectivity index (χ1v) is 9.91. The van der Waals surface area contributed by atoms with E-state index in [1.54, 1.807) is 7.11 Å². The molecule has 1 aromatic carbocycles. The lowest BCUT2D eigenvalue weighted by Gasteiger charge is -2.37. The van der Waals surface area contributed by atoms with Crippen LogP contribution in [0.4, 0.5) is 11.8 Å². The Hall–Kier alpha value is -2.38. The number of methoxy groups -OCH3 is 1. The minimum absolute atomic E-state index is 0.377. The van der Waals surface area contributed by atoms with Crippen molar-refractivity contribution in [2.45, 2.75) is 32.0 Å². The number of aromatic nitrogens is 2. The van der Waals surface area contributed by atoms with Crippen molar-refractivity contribution in [3.05, 3.63) is 41.6 Å². The lowest BCUT2D eigenvalue weighted by Crippen LogP contribution is -2.45. The zero-order valence-electron chi connectivity index (χ0n) is 16.6. The first-order chi connectivity index (χ1) is 13.7. The maximum Gasteiger partial charge on any atom is 0.227 e. The number of hydrogen-bond donors (Lipinski definition) is 1. The summed E-state index contributed by atoms with van der Waals surface area (Å²) in [5, 5.41) is 3.43. The van der Waals surface area contributed by atoms with E-state index in [4.69, 9.17) is 19.2 Å². The van der Waals surface area contributed by atoms with E-state index in [9.17, 15) is 0 Å². The van der Waals surface area contributed by atoms with Gasteiger partial charge in [-0.25, -0.2) is 4.98 Å². The summed E-state index contributed by atoms with van der Waals surface area (Å²) in [5.74, 6) is 2.14. The molecule has 2 aliphatic heterocycles. The normalized spacial score (nSPS) is 18.4. The lowest BCUT2D eigenvalue weighted by molar-refractivity contribution is -0.169. The predicted molar refractivity (Wildman–Crippen MR) is 108 cm³/mol. The molecule has 4 rings (SSSR count). The molecule has 0 aliphatic carbocycles. The van der Waals surface area contributed by atoms with Gasteiger partial charge in [-0.3, -0.25) is 0 Å². The highest BCUT2D eigenvalue weighted by Gasteiger charge is 2.40. The molecule has 2 aromatic rings. The lowest BCUT2D eigenvalue weighted by atomic mass is 10.0. The first kappa shape index (κ1) is 19.0. The fourth-order valence-electron chi connectivity index (χ4n) is 3.78. The monoisotopic (exact) mass is 384 g/mol. The van der Waals surface area contributed by atoms with Crippen molar-refractivity contribution in [1.82, 2.24) is 9.97 Å². The average Bonchev–Trinajstić information content (AvgIpc) is 3.16. The topological polar surface area (TPSA) is 68.7 Å².